The molecule has 1 aromatic heterocycles. The second-order valence-electron chi connectivity index (χ2n) is 4.09. The summed E-state index contributed by atoms with van der Waals surface area (Å²) in [5, 5.41) is 6.26. The van der Waals surface area contributed by atoms with Crippen molar-refractivity contribution in [2.24, 2.45) is 0 Å². The lowest BCUT2D eigenvalue weighted by Crippen LogP contribution is -2.29. The van der Waals surface area contributed by atoms with Crippen molar-refractivity contribution in [3.63, 3.8) is 0 Å². The lowest BCUT2D eigenvalue weighted by atomic mass is 10.1. The normalized spacial score (nSPS) is 14.8. The quantitative estimate of drug-likeness (QED) is 0.783. The Morgan fingerprint density at radius 3 is 2.89 bits per heavy atom. The molecule has 0 fully saturated rings. The second-order valence-corrected chi connectivity index (χ2v) is 5.92. The van der Waals surface area contributed by atoms with E-state index in [4.69, 9.17) is 5.73 Å². The van der Waals surface area contributed by atoms with Gasteiger partial charge in [-0.15, -0.1) is 0 Å². The van der Waals surface area contributed by atoms with Crippen LogP contribution in [-0.2, 0) is 16.4 Å². The standard InChI is InChI=1S/C11H12N4O2S/c12-9-2-1-3-10-8(9)5-7-15(10)18(16,17)11-4-6-13-14-11/h1-4,6H,5,7,12H2,(H,13,14). The van der Waals surface area contributed by atoms with E-state index in [-0.39, 0.29) is 5.03 Å². The molecule has 2 aromatic rings. The Kier molecular flexibility index (Phi) is 2.30. The van der Waals surface area contributed by atoms with Gasteiger partial charge in [0.25, 0.3) is 10.0 Å². The summed E-state index contributed by atoms with van der Waals surface area (Å²) in [6, 6.07) is 6.76. The van der Waals surface area contributed by atoms with E-state index < -0.39 is 10.0 Å². The Hall–Kier alpha value is -2.02. The van der Waals surface area contributed by atoms with Gasteiger partial charge < -0.3 is 5.73 Å². The number of hydrogen-bond donors (Lipinski definition) is 2. The minimum absolute atomic E-state index is 0.0952. The van der Waals surface area contributed by atoms with Gasteiger partial charge in [-0.2, -0.15) is 13.5 Å². The molecule has 0 spiro atoms. The van der Waals surface area contributed by atoms with Gasteiger partial charge in [-0.3, -0.25) is 9.40 Å². The molecule has 18 heavy (non-hydrogen) atoms. The monoisotopic (exact) mass is 264 g/mol. The summed E-state index contributed by atoms with van der Waals surface area (Å²) in [7, 11) is -3.57. The van der Waals surface area contributed by atoms with Crippen LogP contribution in [0.1, 0.15) is 5.56 Å². The zero-order valence-corrected chi connectivity index (χ0v) is 10.3. The summed E-state index contributed by atoms with van der Waals surface area (Å²) in [6.45, 7) is 0.408. The predicted molar refractivity (Wildman–Crippen MR) is 67.7 cm³/mol. The molecule has 0 atom stereocenters. The van der Waals surface area contributed by atoms with Gasteiger partial charge in [-0.05, 0) is 24.6 Å². The summed E-state index contributed by atoms with van der Waals surface area (Å²) in [5.41, 5.74) is 8.03. The molecule has 0 unspecified atom stereocenters. The van der Waals surface area contributed by atoms with Crippen LogP contribution in [0.5, 0.6) is 0 Å². The van der Waals surface area contributed by atoms with Gasteiger partial charge in [0.05, 0.1) is 11.9 Å². The third-order valence-corrected chi connectivity index (χ3v) is 4.81. The minimum atomic E-state index is -3.57. The van der Waals surface area contributed by atoms with Gasteiger partial charge in [0.15, 0.2) is 5.03 Å². The van der Waals surface area contributed by atoms with Crippen LogP contribution in [0.25, 0.3) is 0 Å². The SMILES string of the molecule is Nc1cccc2c1CCN2S(=O)(=O)c1ccn[nH]1. The highest BCUT2D eigenvalue weighted by molar-refractivity contribution is 7.92. The number of benzene rings is 1. The van der Waals surface area contributed by atoms with E-state index in [9.17, 15) is 8.42 Å². The lowest BCUT2D eigenvalue weighted by molar-refractivity contribution is 0.588. The summed E-state index contributed by atoms with van der Waals surface area (Å²) in [5.74, 6) is 0. The maximum Gasteiger partial charge on any atom is 0.281 e. The summed E-state index contributed by atoms with van der Waals surface area (Å²) in [6.07, 6.45) is 2.05. The topological polar surface area (TPSA) is 92.1 Å². The molecule has 3 rings (SSSR count). The number of nitrogens with two attached hydrogens (primary N) is 1. The smallest absolute Gasteiger partial charge is 0.281 e. The molecule has 1 aliphatic rings. The average Bonchev–Trinajstić information content (AvgIpc) is 2.99. The summed E-state index contributed by atoms with van der Waals surface area (Å²) in [4.78, 5) is 0. The zero-order valence-electron chi connectivity index (χ0n) is 9.50. The number of hydrogen-bond acceptors (Lipinski definition) is 4. The van der Waals surface area contributed by atoms with E-state index in [1.807, 2.05) is 0 Å². The van der Waals surface area contributed by atoms with Gasteiger partial charge in [0.2, 0.25) is 0 Å². The average molecular weight is 264 g/mol. The van der Waals surface area contributed by atoms with E-state index in [1.54, 1.807) is 18.2 Å². The molecule has 0 amide bonds. The molecule has 0 saturated heterocycles. The first kappa shape index (κ1) is 11.1. The molecule has 1 aromatic carbocycles. The summed E-state index contributed by atoms with van der Waals surface area (Å²) >= 11 is 0. The predicted octanol–water partition coefficient (Wildman–Crippen LogP) is 0.743. The number of nitrogens with one attached hydrogen (secondary N) is 1. The van der Waals surface area contributed by atoms with Gasteiger partial charge in [0, 0.05) is 17.8 Å². The second kappa shape index (κ2) is 3.74. The first-order chi connectivity index (χ1) is 8.60. The maximum atomic E-state index is 12.4. The molecule has 1 aliphatic heterocycles. The molecule has 0 saturated carbocycles. The van der Waals surface area contributed by atoms with Crippen molar-refractivity contribution in [2.75, 3.05) is 16.6 Å². The van der Waals surface area contributed by atoms with E-state index >= 15 is 0 Å². The third-order valence-electron chi connectivity index (χ3n) is 3.06. The Labute approximate surface area is 104 Å². The van der Waals surface area contributed by atoms with Crippen LogP contribution in [0.2, 0.25) is 0 Å². The lowest BCUT2D eigenvalue weighted by Gasteiger charge is -2.18. The minimum Gasteiger partial charge on any atom is -0.398 e. The molecule has 0 radical (unpaired) electrons. The van der Waals surface area contributed by atoms with Crippen LogP contribution in [0.15, 0.2) is 35.5 Å². The number of aromatic nitrogens is 2. The Morgan fingerprint density at radius 2 is 2.17 bits per heavy atom. The molecule has 0 bridgehead atoms. The molecule has 3 N–H and O–H groups in total. The molecule has 7 heteroatoms. The zero-order chi connectivity index (χ0) is 12.8. The highest BCUT2D eigenvalue weighted by Crippen LogP contribution is 2.35. The van der Waals surface area contributed by atoms with Gasteiger partial charge in [-0.25, -0.2) is 0 Å². The number of H-pyrrole nitrogens is 1. The number of nitrogens with zero attached hydrogens (tertiary/aromatic N) is 2. The molecule has 0 aliphatic carbocycles. The molecular formula is C11H12N4O2S. The first-order valence-electron chi connectivity index (χ1n) is 5.50. The number of aromatic amines is 1. The van der Waals surface area contributed by atoms with E-state index in [1.165, 1.54) is 16.6 Å². The first-order valence-corrected chi connectivity index (χ1v) is 6.94. The third kappa shape index (κ3) is 1.47. The highest BCUT2D eigenvalue weighted by Gasteiger charge is 2.32. The van der Waals surface area contributed by atoms with Crippen molar-refractivity contribution in [1.29, 1.82) is 0 Å². The van der Waals surface area contributed by atoms with Crippen LogP contribution < -0.4 is 10.0 Å². The molecule has 2 heterocycles. The van der Waals surface area contributed by atoms with Crippen molar-refractivity contribution in [2.45, 2.75) is 11.4 Å². The van der Waals surface area contributed by atoms with Crippen LogP contribution in [-0.4, -0.2) is 25.2 Å². The highest BCUT2D eigenvalue weighted by atomic mass is 32.2. The molecular weight excluding hydrogens is 252 g/mol. The van der Waals surface area contributed by atoms with Crippen LogP contribution >= 0.6 is 0 Å². The molecule has 6 nitrogen and oxygen atoms in total. The number of fused-ring (bicyclic) bond motifs is 1. The van der Waals surface area contributed by atoms with Crippen molar-refractivity contribution in [1.82, 2.24) is 10.2 Å². The van der Waals surface area contributed by atoms with Crippen LogP contribution in [0.3, 0.4) is 0 Å². The Bertz CT molecular complexity index is 679. The van der Waals surface area contributed by atoms with E-state index in [2.05, 4.69) is 10.2 Å². The Morgan fingerprint density at radius 1 is 1.33 bits per heavy atom. The van der Waals surface area contributed by atoms with Gasteiger partial charge in [-0.1, -0.05) is 6.07 Å². The fourth-order valence-corrected chi connectivity index (χ4v) is 3.59. The van der Waals surface area contributed by atoms with Crippen molar-refractivity contribution >= 4 is 21.4 Å². The fourth-order valence-electron chi connectivity index (χ4n) is 2.19. The van der Waals surface area contributed by atoms with Gasteiger partial charge >= 0.3 is 0 Å². The number of nitrogen functional groups attached to an aromatic ring is 1. The van der Waals surface area contributed by atoms with Crippen LogP contribution in [0, 0.1) is 0 Å². The fraction of sp³-hybridized carbons (Fsp3) is 0.182. The summed E-state index contributed by atoms with van der Waals surface area (Å²) < 4.78 is 26.1. The van der Waals surface area contributed by atoms with Crippen molar-refractivity contribution in [3.05, 3.63) is 36.0 Å². The number of rotatable bonds is 2. The van der Waals surface area contributed by atoms with Gasteiger partial charge in [0.1, 0.15) is 0 Å². The van der Waals surface area contributed by atoms with E-state index in [0.717, 1.165) is 5.56 Å². The molecule has 94 valence electrons. The van der Waals surface area contributed by atoms with Crippen LogP contribution in [0.4, 0.5) is 11.4 Å². The number of sulfonamides is 1. The van der Waals surface area contributed by atoms with E-state index in [0.29, 0.717) is 24.3 Å². The maximum absolute atomic E-state index is 12.4. The van der Waals surface area contributed by atoms with Crippen molar-refractivity contribution in [3.8, 4) is 0 Å². The Balaban J connectivity index is 2.11. The van der Waals surface area contributed by atoms with Crippen molar-refractivity contribution < 1.29 is 8.42 Å². The largest absolute Gasteiger partial charge is 0.398 e. The number of anilines is 2.